The Morgan fingerprint density at radius 2 is 1.34 bits per heavy atom. The van der Waals surface area contributed by atoms with Crippen molar-refractivity contribution in [3.63, 3.8) is 0 Å². The Bertz CT molecular complexity index is 572. The number of halogens is 3. The summed E-state index contributed by atoms with van der Waals surface area (Å²) in [6.07, 6.45) is 5.85. The van der Waals surface area contributed by atoms with Crippen molar-refractivity contribution in [2.45, 2.75) is 104 Å². The van der Waals surface area contributed by atoms with Gasteiger partial charge in [0.15, 0.2) is 0 Å². The Kier molecular flexibility index (Phi) is 11.2. The van der Waals surface area contributed by atoms with Gasteiger partial charge in [-0.1, -0.05) is 45.4 Å². The second-order valence-electron chi connectivity index (χ2n) is 8.27. The van der Waals surface area contributed by atoms with Crippen molar-refractivity contribution in [3.8, 4) is 0 Å². The van der Waals surface area contributed by atoms with E-state index in [4.69, 9.17) is 9.47 Å². The maximum atomic E-state index is 14.3. The third-order valence-electron chi connectivity index (χ3n) is 4.79. The zero-order chi connectivity index (χ0) is 22.0. The van der Waals surface area contributed by atoms with Crippen molar-refractivity contribution in [2.24, 2.45) is 5.92 Å². The molecular weight excluding hydrogens is 381 g/mol. The van der Waals surface area contributed by atoms with Gasteiger partial charge in [0.25, 0.3) is 5.97 Å². The van der Waals surface area contributed by atoms with Crippen LogP contribution in [0.5, 0.6) is 0 Å². The molecule has 1 rings (SSSR count). The monoisotopic (exact) mass is 418 g/mol. The summed E-state index contributed by atoms with van der Waals surface area (Å²) < 4.78 is 53.2. The molecule has 1 aromatic rings. The lowest BCUT2D eigenvalue weighted by molar-refractivity contribution is -0.407. The summed E-state index contributed by atoms with van der Waals surface area (Å²) in [7, 11) is 0. The van der Waals surface area contributed by atoms with Gasteiger partial charge in [-0.15, -0.1) is 0 Å². The van der Waals surface area contributed by atoms with Crippen molar-refractivity contribution < 1.29 is 27.8 Å². The Balaban J connectivity index is 3.06. The van der Waals surface area contributed by atoms with E-state index in [1.54, 1.807) is 27.7 Å². The minimum Gasteiger partial charge on any atom is -0.343 e. The fourth-order valence-electron chi connectivity index (χ4n) is 3.49. The standard InChI is InChI=1S/C23H37F3O3/c1-6-7-8-9-10-11-12-18(23(27,28-16(2)3)29-17(4)5)13-20-21(25)14-19(24)15-22(20)26/h14-18,27H,6-13H2,1-5H3. The van der Waals surface area contributed by atoms with Crippen molar-refractivity contribution in [1.29, 1.82) is 0 Å². The number of ether oxygens (including phenoxy) is 2. The molecule has 0 aliphatic rings. The number of hydrogen-bond acceptors (Lipinski definition) is 3. The molecule has 0 heterocycles. The minimum atomic E-state index is -1.99. The van der Waals surface area contributed by atoms with E-state index in [-0.39, 0.29) is 24.2 Å². The Labute approximate surface area is 173 Å². The number of rotatable bonds is 14. The molecule has 3 nitrogen and oxygen atoms in total. The first-order valence-corrected chi connectivity index (χ1v) is 10.8. The molecular formula is C23H37F3O3. The molecule has 0 saturated heterocycles. The van der Waals surface area contributed by atoms with Crippen LogP contribution < -0.4 is 0 Å². The largest absolute Gasteiger partial charge is 0.343 e. The lowest BCUT2D eigenvalue weighted by Crippen LogP contribution is -2.48. The maximum Gasteiger partial charge on any atom is 0.284 e. The highest BCUT2D eigenvalue weighted by molar-refractivity contribution is 5.21. The van der Waals surface area contributed by atoms with Crippen LogP contribution in [0.15, 0.2) is 12.1 Å². The lowest BCUT2D eigenvalue weighted by Gasteiger charge is -2.38. The van der Waals surface area contributed by atoms with Crippen LogP contribution in [0, 0.1) is 23.4 Å². The smallest absolute Gasteiger partial charge is 0.284 e. The Morgan fingerprint density at radius 1 is 0.862 bits per heavy atom. The third kappa shape index (κ3) is 9.06. The quantitative estimate of drug-likeness (QED) is 0.276. The van der Waals surface area contributed by atoms with Crippen LogP contribution in [-0.2, 0) is 15.9 Å². The van der Waals surface area contributed by atoms with Crippen LogP contribution in [0.3, 0.4) is 0 Å². The van der Waals surface area contributed by atoms with Crippen molar-refractivity contribution in [3.05, 3.63) is 35.1 Å². The Hall–Kier alpha value is -1.11. The highest BCUT2D eigenvalue weighted by Gasteiger charge is 2.41. The Morgan fingerprint density at radius 3 is 1.83 bits per heavy atom. The van der Waals surface area contributed by atoms with Gasteiger partial charge in [0.2, 0.25) is 0 Å². The summed E-state index contributed by atoms with van der Waals surface area (Å²) in [5, 5.41) is 11.2. The summed E-state index contributed by atoms with van der Waals surface area (Å²) in [4.78, 5) is 0. The molecule has 1 atom stereocenters. The number of hydrogen-bond donors (Lipinski definition) is 1. The molecule has 6 heteroatoms. The van der Waals surface area contributed by atoms with Crippen LogP contribution in [0.25, 0.3) is 0 Å². The van der Waals surface area contributed by atoms with Crippen molar-refractivity contribution in [1.82, 2.24) is 0 Å². The summed E-state index contributed by atoms with van der Waals surface area (Å²) >= 11 is 0. The SMILES string of the molecule is CCCCCCCCC(Cc1c(F)cc(F)cc1F)C(O)(OC(C)C)OC(C)C. The van der Waals surface area contributed by atoms with Gasteiger partial charge < -0.3 is 14.6 Å². The van der Waals surface area contributed by atoms with E-state index < -0.39 is 29.3 Å². The molecule has 0 fully saturated rings. The second-order valence-corrected chi connectivity index (χ2v) is 8.27. The summed E-state index contributed by atoms with van der Waals surface area (Å²) in [6.45, 7) is 9.19. The van der Waals surface area contributed by atoms with Gasteiger partial charge >= 0.3 is 0 Å². The van der Waals surface area contributed by atoms with Gasteiger partial charge in [-0.25, -0.2) is 13.2 Å². The molecule has 29 heavy (non-hydrogen) atoms. The molecule has 0 aromatic heterocycles. The van der Waals surface area contributed by atoms with E-state index in [1.165, 1.54) is 6.42 Å². The first-order chi connectivity index (χ1) is 13.6. The van der Waals surface area contributed by atoms with E-state index in [1.807, 2.05) is 0 Å². The molecule has 0 aliphatic heterocycles. The summed E-state index contributed by atoms with van der Waals surface area (Å²) in [6, 6.07) is 1.32. The number of aliphatic hydroxyl groups is 1. The molecule has 1 aromatic carbocycles. The van der Waals surface area contributed by atoms with Crippen LogP contribution in [0.1, 0.15) is 85.1 Å². The highest BCUT2D eigenvalue weighted by atomic mass is 19.1. The summed E-state index contributed by atoms with van der Waals surface area (Å²) in [5.74, 6) is -5.59. The van der Waals surface area contributed by atoms with Gasteiger partial charge in [-0.05, 0) is 40.5 Å². The first kappa shape index (κ1) is 25.9. The van der Waals surface area contributed by atoms with Crippen LogP contribution in [0.2, 0.25) is 0 Å². The normalized spacial score (nSPS) is 13.5. The number of benzene rings is 1. The van der Waals surface area contributed by atoms with Gasteiger partial charge in [-0.3, -0.25) is 0 Å². The van der Waals surface area contributed by atoms with Gasteiger partial charge in [0, 0.05) is 23.6 Å². The molecule has 168 valence electrons. The summed E-state index contributed by atoms with van der Waals surface area (Å²) in [5.41, 5.74) is -0.263. The van der Waals surface area contributed by atoms with E-state index in [0.29, 0.717) is 18.6 Å². The van der Waals surface area contributed by atoms with E-state index >= 15 is 0 Å². The predicted octanol–water partition coefficient (Wildman–Crippen LogP) is 6.51. The zero-order valence-electron chi connectivity index (χ0n) is 18.4. The fourth-order valence-corrected chi connectivity index (χ4v) is 3.49. The highest BCUT2D eigenvalue weighted by Crippen LogP contribution is 2.33. The predicted molar refractivity (Wildman–Crippen MR) is 109 cm³/mol. The lowest BCUT2D eigenvalue weighted by atomic mass is 9.90. The molecule has 0 aliphatic carbocycles. The molecule has 1 unspecified atom stereocenters. The molecule has 0 saturated carbocycles. The number of unbranched alkanes of at least 4 members (excludes halogenated alkanes) is 5. The third-order valence-corrected chi connectivity index (χ3v) is 4.79. The zero-order valence-corrected chi connectivity index (χ0v) is 18.4. The first-order valence-electron chi connectivity index (χ1n) is 10.8. The second kappa shape index (κ2) is 12.6. The van der Waals surface area contributed by atoms with Crippen molar-refractivity contribution in [2.75, 3.05) is 0 Å². The van der Waals surface area contributed by atoms with Gasteiger partial charge in [0.05, 0.1) is 12.2 Å². The van der Waals surface area contributed by atoms with Crippen molar-refractivity contribution >= 4 is 0 Å². The van der Waals surface area contributed by atoms with E-state index in [9.17, 15) is 18.3 Å². The molecule has 0 bridgehead atoms. The maximum absolute atomic E-state index is 14.3. The molecule has 1 N–H and O–H groups in total. The average Bonchev–Trinajstić information content (AvgIpc) is 2.57. The topological polar surface area (TPSA) is 38.7 Å². The molecule has 0 spiro atoms. The van der Waals surface area contributed by atoms with E-state index in [0.717, 1.165) is 32.1 Å². The molecule has 0 amide bonds. The fraction of sp³-hybridized carbons (Fsp3) is 0.739. The minimum absolute atomic E-state index is 0.150. The molecule has 0 radical (unpaired) electrons. The van der Waals surface area contributed by atoms with Gasteiger partial charge in [0.1, 0.15) is 17.5 Å². The van der Waals surface area contributed by atoms with Gasteiger partial charge in [-0.2, -0.15) is 0 Å². The average molecular weight is 419 g/mol. The van der Waals surface area contributed by atoms with Crippen LogP contribution >= 0.6 is 0 Å². The van der Waals surface area contributed by atoms with E-state index in [2.05, 4.69) is 6.92 Å². The van der Waals surface area contributed by atoms with Crippen LogP contribution in [0.4, 0.5) is 13.2 Å². The van der Waals surface area contributed by atoms with Crippen LogP contribution in [-0.4, -0.2) is 23.3 Å².